The van der Waals surface area contributed by atoms with Gasteiger partial charge >= 0.3 is 11.9 Å². The summed E-state index contributed by atoms with van der Waals surface area (Å²) in [6, 6.07) is 14.1. The number of allylic oxidation sites excluding steroid dienone is 1. The predicted octanol–water partition coefficient (Wildman–Crippen LogP) is 5.78. The number of pyridine rings is 1. The average Bonchev–Trinajstić information content (AvgIpc) is 2.71. The highest BCUT2D eigenvalue weighted by atomic mass is 16.4. The molecule has 158 valence electrons. The fraction of sp³-hybridized carbons (Fsp3) is 0.269. The number of aromatic carboxylic acids is 2. The van der Waals surface area contributed by atoms with Gasteiger partial charge in [-0.2, -0.15) is 0 Å². The topological polar surface area (TPSA) is 87.5 Å². The quantitative estimate of drug-likeness (QED) is 0.566. The molecule has 0 bridgehead atoms. The third kappa shape index (κ3) is 3.96. The zero-order chi connectivity index (χ0) is 22.3. The van der Waals surface area contributed by atoms with Crippen molar-refractivity contribution in [1.29, 1.82) is 0 Å². The van der Waals surface area contributed by atoms with Crippen LogP contribution in [0.2, 0.25) is 0 Å². The highest BCUT2D eigenvalue weighted by molar-refractivity contribution is 6.06. The van der Waals surface area contributed by atoms with E-state index >= 15 is 0 Å². The first kappa shape index (κ1) is 20.8. The SMILES string of the molecule is CC(C)(C)C1CC(=Cc2ccc(C(=O)O)cc2)c2nc3ccccc3c(C(=O)O)c2C1. The number of rotatable bonds is 3. The molecular formula is C26H25NO4. The Morgan fingerprint density at radius 2 is 1.65 bits per heavy atom. The minimum Gasteiger partial charge on any atom is -0.478 e. The van der Waals surface area contributed by atoms with Crippen molar-refractivity contribution in [2.75, 3.05) is 0 Å². The number of carboxylic acid groups (broad SMARTS) is 2. The predicted molar refractivity (Wildman–Crippen MR) is 121 cm³/mol. The summed E-state index contributed by atoms with van der Waals surface area (Å²) < 4.78 is 0. The van der Waals surface area contributed by atoms with Gasteiger partial charge in [0.15, 0.2) is 0 Å². The summed E-state index contributed by atoms with van der Waals surface area (Å²) in [6.07, 6.45) is 3.45. The molecule has 5 heteroatoms. The van der Waals surface area contributed by atoms with Crippen molar-refractivity contribution in [3.05, 3.63) is 76.5 Å². The molecule has 1 aliphatic rings. The lowest BCUT2D eigenvalue weighted by Gasteiger charge is -2.36. The maximum atomic E-state index is 12.3. The molecule has 3 aromatic rings. The molecule has 1 aromatic heterocycles. The summed E-state index contributed by atoms with van der Waals surface area (Å²) in [7, 11) is 0. The van der Waals surface area contributed by atoms with Crippen LogP contribution < -0.4 is 0 Å². The summed E-state index contributed by atoms with van der Waals surface area (Å²) in [6.45, 7) is 6.53. The number of hydrogen-bond donors (Lipinski definition) is 2. The molecule has 31 heavy (non-hydrogen) atoms. The molecule has 1 heterocycles. The summed E-state index contributed by atoms with van der Waals surface area (Å²) in [5, 5.41) is 19.9. The van der Waals surface area contributed by atoms with Crippen LogP contribution in [-0.4, -0.2) is 27.1 Å². The fourth-order valence-corrected chi connectivity index (χ4v) is 4.30. The lowest BCUT2D eigenvalue weighted by molar-refractivity contribution is 0.0686. The van der Waals surface area contributed by atoms with Crippen LogP contribution in [0.15, 0.2) is 48.5 Å². The Morgan fingerprint density at radius 1 is 0.968 bits per heavy atom. The lowest BCUT2D eigenvalue weighted by Crippen LogP contribution is -2.28. The maximum Gasteiger partial charge on any atom is 0.336 e. The van der Waals surface area contributed by atoms with Gasteiger partial charge in [0.1, 0.15) is 0 Å². The number of fused-ring (bicyclic) bond motifs is 2. The molecule has 0 fully saturated rings. The number of nitrogens with zero attached hydrogens (tertiary/aromatic N) is 1. The first-order valence-electron chi connectivity index (χ1n) is 10.3. The normalized spacial score (nSPS) is 17.5. The van der Waals surface area contributed by atoms with Crippen LogP contribution in [0.5, 0.6) is 0 Å². The van der Waals surface area contributed by atoms with E-state index in [0.717, 1.165) is 28.8 Å². The van der Waals surface area contributed by atoms with Gasteiger partial charge < -0.3 is 10.2 Å². The van der Waals surface area contributed by atoms with Gasteiger partial charge in [0.2, 0.25) is 0 Å². The maximum absolute atomic E-state index is 12.3. The lowest BCUT2D eigenvalue weighted by atomic mass is 9.69. The molecule has 2 aromatic carbocycles. The van der Waals surface area contributed by atoms with Crippen LogP contribution in [0.4, 0.5) is 0 Å². The number of benzene rings is 2. The Hall–Kier alpha value is -3.47. The number of carboxylic acids is 2. The number of aromatic nitrogens is 1. The number of carbonyl (C=O) groups is 2. The first-order valence-corrected chi connectivity index (χ1v) is 10.3. The smallest absolute Gasteiger partial charge is 0.336 e. The molecule has 1 aliphatic carbocycles. The molecule has 2 N–H and O–H groups in total. The van der Waals surface area contributed by atoms with Crippen molar-refractivity contribution in [3.8, 4) is 0 Å². The fourth-order valence-electron chi connectivity index (χ4n) is 4.30. The van der Waals surface area contributed by atoms with Crippen molar-refractivity contribution in [2.45, 2.75) is 33.6 Å². The second kappa shape index (κ2) is 7.65. The van der Waals surface area contributed by atoms with Crippen LogP contribution >= 0.6 is 0 Å². The molecule has 1 unspecified atom stereocenters. The van der Waals surface area contributed by atoms with E-state index in [2.05, 4.69) is 20.8 Å². The highest BCUT2D eigenvalue weighted by Crippen LogP contribution is 2.44. The molecular weight excluding hydrogens is 390 g/mol. The van der Waals surface area contributed by atoms with E-state index in [-0.39, 0.29) is 16.9 Å². The third-order valence-corrected chi connectivity index (χ3v) is 6.15. The Labute approximate surface area is 181 Å². The zero-order valence-corrected chi connectivity index (χ0v) is 17.8. The van der Waals surface area contributed by atoms with Crippen LogP contribution in [0, 0.1) is 11.3 Å². The van der Waals surface area contributed by atoms with Crippen molar-refractivity contribution in [2.24, 2.45) is 11.3 Å². The Morgan fingerprint density at radius 3 is 2.26 bits per heavy atom. The molecule has 0 spiro atoms. The molecule has 0 amide bonds. The summed E-state index contributed by atoms with van der Waals surface area (Å²) >= 11 is 0. The van der Waals surface area contributed by atoms with Gasteiger partial charge in [0, 0.05) is 5.39 Å². The van der Waals surface area contributed by atoms with E-state index in [4.69, 9.17) is 10.1 Å². The van der Waals surface area contributed by atoms with Crippen molar-refractivity contribution in [3.63, 3.8) is 0 Å². The molecule has 0 aliphatic heterocycles. The van der Waals surface area contributed by atoms with E-state index in [0.29, 0.717) is 22.9 Å². The van der Waals surface area contributed by atoms with Crippen molar-refractivity contribution in [1.82, 2.24) is 4.98 Å². The Balaban J connectivity index is 1.94. The monoisotopic (exact) mass is 415 g/mol. The molecule has 0 radical (unpaired) electrons. The molecule has 5 nitrogen and oxygen atoms in total. The second-order valence-electron chi connectivity index (χ2n) is 9.20. The Kier molecular flexibility index (Phi) is 5.13. The van der Waals surface area contributed by atoms with E-state index in [9.17, 15) is 14.7 Å². The van der Waals surface area contributed by atoms with Crippen LogP contribution in [0.3, 0.4) is 0 Å². The number of para-hydroxylation sites is 1. The van der Waals surface area contributed by atoms with Gasteiger partial charge in [-0.1, -0.05) is 51.1 Å². The molecule has 1 atom stereocenters. The van der Waals surface area contributed by atoms with E-state index in [1.165, 1.54) is 0 Å². The van der Waals surface area contributed by atoms with Gasteiger partial charge in [0.25, 0.3) is 0 Å². The largest absolute Gasteiger partial charge is 0.478 e. The second-order valence-corrected chi connectivity index (χ2v) is 9.20. The van der Waals surface area contributed by atoms with E-state index in [1.807, 2.05) is 30.3 Å². The van der Waals surface area contributed by atoms with Gasteiger partial charge in [-0.25, -0.2) is 14.6 Å². The Bertz CT molecular complexity index is 1220. The minimum atomic E-state index is -0.964. The summed E-state index contributed by atoms with van der Waals surface area (Å²) in [5.41, 5.74) is 4.60. The zero-order valence-electron chi connectivity index (χ0n) is 17.8. The average molecular weight is 415 g/mol. The first-order chi connectivity index (χ1) is 14.6. The molecule has 4 rings (SSSR count). The van der Waals surface area contributed by atoms with Gasteiger partial charge in [-0.05, 0) is 65.1 Å². The van der Waals surface area contributed by atoms with E-state index in [1.54, 1.807) is 24.3 Å². The standard InChI is InChI=1S/C26H25NO4/c1-26(2,3)18-13-17(12-15-8-10-16(11-9-15)24(28)29)23-20(14-18)22(25(30)31)19-6-4-5-7-21(19)27-23/h4-12,18H,13-14H2,1-3H3,(H,28,29)(H,30,31). The molecule has 0 saturated carbocycles. The van der Waals surface area contributed by atoms with Crippen LogP contribution in [0.1, 0.15) is 64.7 Å². The van der Waals surface area contributed by atoms with E-state index < -0.39 is 11.9 Å². The van der Waals surface area contributed by atoms with Gasteiger partial charge in [-0.3, -0.25) is 0 Å². The van der Waals surface area contributed by atoms with Crippen LogP contribution in [0.25, 0.3) is 22.6 Å². The van der Waals surface area contributed by atoms with Crippen molar-refractivity contribution < 1.29 is 19.8 Å². The summed E-state index contributed by atoms with van der Waals surface area (Å²) in [4.78, 5) is 28.3. The highest BCUT2D eigenvalue weighted by Gasteiger charge is 2.35. The van der Waals surface area contributed by atoms with Crippen LogP contribution in [-0.2, 0) is 6.42 Å². The third-order valence-electron chi connectivity index (χ3n) is 6.15. The molecule has 0 saturated heterocycles. The number of hydrogen-bond acceptors (Lipinski definition) is 3. The van der Waals surface area contributed by atoms with Crippen molar-refractivity contribution >= 4 is 34.5 Å². The minimum absolute atomic E-state index is 0.00857. The van der Waals surface area contributed by atoms with Gasteiger partial charge in [-0.15, -0.1) is 0 Å². The van der Waals surface area contributed by atoms with Gasteiger partial charge in [0.05, 0.1) is 22.3 Å². The summed E-state index contributed by atoms with van der Waals surface area (Å²) in [5.74, 6) is -1.64.